The average molecular weight is 503 g/mol. The second kappa shape index (κ2) is 12.6. The molecule has 6 nitrogen and oxygen atoms in total. The van der Waals surface area contributed by atoms with E-state index in [1.54, 1.807) is 0 Å². The Morgan fingerprint density at radius 1 is 1.00 bits per heavy atom. The van der Waals surface area contributed by atoms with E-state index in [4.69, 9.17) is 14.2 Å². The molecule has 1 aliphatic carbocycles. The lowest BCUT2D eigenvalue weighted by atomic mass is 9.88. The SMILES string of the molecule is Cc1ccc(C#Cc2ccc(OCCCC(=O)OCC3(CO)CC(=C4CCCCC4)C(=O)O3)cc2)cc1. The van der Waals surface area contributed by atoms with Gasteiger partial charge in [-0.2, -0.15) is 0 Å². The lowest BCUT2D eigenvalue weighted by molar-refractivity contribution is -0.166. The van der Waals surface area contributed by atoms with E-state index in [1.165, 1.54) is 12.0 Å². The first-order valence-corrected chi connectivity index (χ1v) is 13.0. The molecule has 2 aromatic carbocycles. The van der Waals surface area contributed by atoms with E-state index in [1.807, 2.05) is 55.5 Å². The molecule has 0 radical (unpaired) electrons. The van der Waals surface area contributed by atoms with Gasteiger partial charge in [0.15, 0.2) is 5.60 Å². The number of carbonyl (C=O) groups is 2. The number of rotatable bonds is 8. The molecule has 1 aliphatic heterocycles. The van der Waals surface area contributed by atoms with Gasteiger partial charge in [0.2, 0.25) is 0 Å². The lowest BCUT2D eigenvalue weighted by Gasteiger charge is -2.24. The van der Waals surface area contributed by atoms with Gasteiger partial charge >= 0.3 is 11.9 Å². The van der Waals surface area contributed by atoms with Gasteiger partial charge in [0, 0.05) is 29.5 Å². The van der Waals surface area contributed by atoms with Crippen molar-refractivity contribution in [1.82, 2.24) is 0 Å². The number of hydrogen-bond acceptors (Lipinski definition) is 6. The fraction of sp³-hybridized carbons (Fsp3) is 0.419. The zero-order valence-corrected chi connectivity index (χ0v) is 21.4. The number of hydrogen-bond donors (Lipinski definition) is 1. The van der Waals surface area contributed by atoms with Crippen molar-refractivity contribution in [2.45, 2.75) is 63.9 Å². The van der Waals surface area contributed by atoms with Crippen LogP contribution in [0.3, 0.4) is 0 Å². The zero-order chi connectivity index (χ0) is 26.1. The molecular formula is C31H34O6. The second-order valence-corrected chi connectivity index (χ2v) is 9.80. The molecule has 0 amide bonds. The van der Waals surface area contributed by atoms with Crippen LogP contribution >= 0.6 is 0 Å². The summed E-state index contributed by atoms with van der Waals surface area (Å²) in [5.41, 5.74) is 3.68. The number of aliphatic hydroxyl groups is 1. The van der Waals surface area contributed by atoms with Crippen LogP contribution < -0.4 is 4.74 Å². The molecule has 2 aliphatic rings. The molecule has 0 bridgehead atoms. The van der Waals surface area contributed by atoms with E-state index in [0.717, 1.165) is 42.4 Å². The van der Waals surface area contributed by atoms with E-state index in [-0.39, 0.29) is 25.6 Å². The number of aryl methyl sites for hydroxylation is 1. The van der Waals surface area contributed by atoms with Crippen LogP contribution in [-0.4, -0.2) is 42.5 Å². The number of esters is 2. The Balaban J connectivity index is 1.18. The Labute approximate surface area is 218 Å². The molecule has 37 heavy (non-hydrogen) atoms. The summed E-state index contributed by atoms with van der Waals surface area (Å²) in [5.74, 6) is 6.19. The van der Waals surface area contributed by atoms with E-state index >= 15 is 0 Å². The Morgan fingerprint density at radius 2 is 1.65 bits per heavy atom. The topological polar surface area (TPSA) is 82.1 Å². The van der Waals surface area contributed by atoms with Gasteiger partial charge in [-0.15, -0.1) is 0 Å². The van der Waals surface area contributed by atoms with Crippen LogP contribution in [0.1, 0.15) is 68.1 Å². The van der Waals surface area contributed by atoms with Crippen LogP contribution in [-0.2, 0) is 19.1 Å². The third-order valence-corrected chi connectivity index (χ3v) is 6.77. The highest BCUT2D eigenvalue weighted by Crippen LogP contribution is 2.37. The molecule has 4 rings (SSSR count). The van der Waals surface area contributed by atoms with Crippen molar-refractivity contribution in [3.63, 3.8) is 0 Å². The summed E-state index contributed by atoms with van der Waals surface area (Å²) in [5, 5.41) is 9.91. The van der Waals surface area contributed by atoms with Gasteiger partial charge in [-0.05, 0) is 75.4 Å². The van der Waals surface area contributed by atoms with E-state index in [0.29, 0.717) is 30.8 Å². The van der Waals surface area contributed by atoms with Crippen LogP contribution in [0.5, 0.6) is 5.75 Å². The Kier molecular flexibility index (Phi) is 9.03. The summed E-state index contributed by atoms with van der Waals surface area (Å²) >= 11 is 0. The highest BCUT2D eigenvalue weighted by Gasteiger charge is 2.45. The molecule has 1 atom stereocenters. The van der Waals surface area contributed by atoms with Crippen LogP contribution in [0.2, 0.25) is 0 Å². The lowest BCUT2D eigenvalue weighted by Crippen LogP contribution is -2.39. The summed E-state index contributed by atoms with van der Waals surface area (Å²) < 4.78 is 16.6. The summed E-state index contributed by atoms with van der Waals surface area (Å²) in [6.07, 6.45) is 6.05. The summed E-state index contributed by atoms with van der Waals surface area (Å²) in [4.78, 5) is 24.7. The fourth-order valence-corrected chi connectivity index (χ4v) is 4.56. The molecule has 0 aromatic heterocycles. The highest BCUT2D eigenvalue weighted by atomic mass is 16.6. The van der Waals surface area contributed by atoms with Crippen molar-refractivity contribution in [2.75, 3.05) is 19.8 Å². The van der Waals surface area contributed by atoms with Gasteiger partial charge in [0.05, 0.1) is 13.2 Å². The van der Waals surface area contributed by atoms with Crippen molar-refractivity contribution in [3.8, 4) is 17.6 Å². The van der Waals surface area contributed by atoms with Crippen LogP contribution in [0.15, 0.2) is 59.7 Å². The van der Waals surface area contributed by atoms with Gasteiger partial charge in [0.1, 0.15) is 12.4 Å². The maximum Gasteiger partial charge on any atom is 0.334 e. The summed E-state index contributed by atoms with van der Waals surface area (Å²) in [6, 6.07) is 15.6. The van der Waals surface area contributed by atoms with Crippen molar-refractivity contribution < 1.29 is 28.9 Å². The number of aliphatic hydroxyl groups excluding tert-OH is 1. The highest BCUT2D eigenvalue weighted by molar-refractivity contribution is 5.92. The standard InChI is InChI=1S/C31H34O6/c1-23-9-11-24(12-10-23)13-14-25-15-17-27(18-16-25)35-19-5-8-29(33)36-22-31(21-32)20-28(30(34)37-31)26-6-3-2-4-7-26/h9-12,15-18,32H,2-8,19-22H2,1H3. The third kappa shape index (κ3) is 7.47. The van der Waals surface area contributed by atoms with Gasteiger partial charge in [0.25, 0.3) is 0 Å². The van der Waals surface area contributed by atoms with Gasteiger partial charge < -0.3 is 19.3 Å². The van der Waals surface area contributed by atoms with E-state index in [2.05, 4.69) is 11.8 Å². The minimum atomic E-state index is -1.17. The van der Waals surface area contributed by atoms with Gasteiger partial charge in [-0.25, -0.2) is 4.79 Å². The number of allylic oxidation sites excluding steroid dienone is 1. The minimum Gasteiger partial charge on any atom is -0.494 e. The molecule has 6 heteroatoms. The number of benzene rings is 2. The first-order chi connectivity index (χ1) is 18.0. The zero-order valence-electron chi connectivity index (χ0n) is 21.4. The second-order valence-electron chi connectivity index (χ2n) is 9.80. The fourth-order valence-electron chi connectivity index (χ4n) is 4.56. The smallest absolute Gasteiger partial charge is 0.334 e. The normalized spacial score (nSPS) is 19.1. The predicted octanol–water partition coefficient (Wildman–Crippen LogP) is 5.04. The van der Waals surface area contributed by atoms with Crippen molar-refractivity contribution in [2.24, 2.45) is 0 Å². The Morgan fingerprint density at radius 3 is 2.30 bits per heavy atom. The van der Waals surface area contributed by atoms with Gasteiger partial charge in [-0.1, -0.05) is 41.5 Å². The number of ether oxygens (including phenoxy) is 3. The molecule has 0 spiro atoms. The average Bonchev–Trinajstić information content (AvgIpc) is 3.27. The summed E-state index contributed by atoms with van der Waals surface area (Å²) in [6.45, 7) is 1.89. The molecule has 1 saturated carbocycles. The quantitative estimate of drug-likeness (QED) is 0.236. The first-order valence-electron chi connectivity index (χ1n) is 13.0. The van der Waals surface area contributed by atoms with Crippen molar-refractivity contribution in [1.29, 1.82) is 0 Å². The first kappa shape index (κ1) is 26.5. The third-order valence-electron chi connectivity index (χ3n) is 6.77. The monoisotopic (exact) mass is 502 g/mol. The number of cyclic esters (lactones) is 1. The minimum absolute atomic E-state index is 0.142. The van der Waals surface area contributed by atoms with E-state index in [9.17, 15) is 14.7 Å². The van der Waals surface area contributed by atoms with Crippen molar-refractivity contribution in [3.05, 3.63) is 76.4 Å². The molecule has 1 unspecified atom stereocenters. The molecule has 2 fully saturated rings. The predicted molar refractivity (Wildman–Crippen MR) is 140 cm³/mol. The van der Waals surface area contributed by atoms with Gasteiger partial charge in [-0.3, -0.25) is 4.79 Å². The largest absolute Gasteiger partial charge is 0.494 e. The molecule has 1 heterocycles. The maximum atomic E-state index is 12.4. The molecule has 2 aromatic rings. The van der Waals surface area contributed by atoms with Crippen LogP contribution in [0, 0.1) is 18.8 Å². The maximum absolute atomic E-state index is 12.4. The molecular weight excluding hydrogens is 468 g/mol. The molecule has 1 N–H and O–H groups in total. The van der Waals surface area contributed by atoms with Crippen molar-refractivity contribution >= 4 is 11.9 Å². The number of carbonyl (C=O) groups excluding carboxylic acids is 2. The van der Waals surface area contributed by atoms with Crippen LogP contribution in [0.4, 0.5) is 0 Å². The summed E-state index contributed by atoms with van der Waals surface area (Å²) in [7, 11) is 0. The molecule has 1 saturated heterocycles. The Bertz CT molecular complexity index is 1170. The molecule has 194 valence electrons. The van der Waals surface area contributed by atoms with E-state index < -0.39 is 11.6 Å². The Hall–Kier alpha value is -3.56. The van der Waals surface area contributed by atoms with Crippen LogP contribution in [0.25, 0.3) is 0 Å².